The van der Waals surface area contributed by atoms with Gasteiger partial charge in [0.2, 0.25) is 0 Å². The van der Waals surface area contributed by atoms with E-state index in [9.17, 15) is 14.8 Å². The van der Waals surface area contributed by atoms with Crippen LogP contribution in [0.4, 0.5) is 11.4 Å². The molecule has 3 N–H and O–H groups in total. The molecule has 0 aliphatic rings. The number of hydrogen-bond acceptors (Lipinski definition) is 10. The van der Waals surface area contributed by atoms with Gasteiger partial charge in [-0.1, -0.05) is 78.9 Å². The van der Waals surface area contributed by atoms with E-state index in [0.717, 1.165) is 22.2 Å². The third-order valence-corrected chi connectivity index (χ3v) is 8.57. The minimum absolute atomic E-state index is 0.201. The Morgan fingerprint density at radius 2 is 1.12 bits per heavy atom. The smallest absolute Gasteiger partial charge is 0.287 e. The van der Waals surface area contributed by atoms with Crippen LogP contribution in [0, 0.1) is 27.7 Å². The Kier molecular flexibility index (Phi) is 10.3. The second-order valence-electron chi connectivity index (χ2n) is 12.0. The second-order valence-corrected chi connectivity index (χ2v) is 12.0. The Hall–Kier alpha value is -6.56. The monoisotopic (exact) mass is 682 g/mol. The fourth-order valence-corrected chi connectivity index (χ4v) is 5.70. The van der Waals surface area contributed by atoms with Gasteiger partial charge in [0, 0.05) is 25.2 Å². The summed E-state index contributed by atoms with van der Waals surface area (Å²) in [7, 11) is 0. The lowest BCUT2D eigenvalue weighted by Gasteiger charge is -2.16. The van der Waals surface area contributed by atoms with Crippen molar-refractivity contribution in [3.8, 4) is 0 Å². The van der Waals surface area contributed by atoms with E-state index in [4.69, 9.17) is 4.84 Å². The van der Waals surface area contributed by atoms with Gasteiger partial charge in [-0.2, -0.15) is 0 Å². The lowest BCUT2D eigenvalue weighted by Crippen LogP contribution is -2.28. The number of nitrogens with zero attached hydrogens (tertiary/aromatic N) is 6. The summed E-state index contributed by atoms with van der Waals surface area (Å²) in [5.74, 6) is 0. The Morgan fingerprint density at radius 3 is 1.69 bits per heavy atom. The zero-order chi connectivity index (χ0) is 35.9. The summed E-state index contributed by atoms with van der Waals surface area (Å²) in [4.78, 5) is 47.2. The zero-order valence-corrected chi connectivity index (χ0v) is 28.8. The topological polar surface area (TPSA) is 149 Å². The van der Waals surface area contributed by atoms with Gasteiger partial charge < -0.3 is 20.7 Å². The first kappa shape index (κ1) is 34.3. The first-order chi connectivity index (χ1) is 24.7. The number of fused-ring (bicyclic) bond motifs is 2. The van der Waals surface area contributed by atoms with E-state index < -0.39 is 5.56 Å². The quantitative estimate of drug-likeness (QED) is 0.157. The van der Waals surface area contributed by atoms with Crippen molar-refractivity contribution in [2.45, 2.75) is 47.4 Å². The normalized spacial score (nSPS) is 10.8. The summed E-state index contributed by atoms with van der Waals surface area (Å²) in [5.41, 5.74) is 8.27. The second kappa shape index (κ2) is 15.3. The average Bonchev–Trinajstić information content (AvgIpc) is 3.13. The maximum absolute atomic E-state index is 12.8. The molecule has 7 rings (SSSR count). The molecule has 0 bridgehead atoms. The van der Waals surface area contributed by atoms with Crippen LogP contribution in [-0.4, -0.2) is 34.6 Å². The number of pyridine rings is 2. The van der Waals surface area contributed by atoms with Crippen molar-refractivity contribution in [2.24, 2.45) is 0 Å². The molecule has 0 aliphatic carbocycles. The molecular weight excluding hydrogens is 644 g/mol. The van der Waals surface area contributed by atoms with E-state index >= 15 is 0 Å². The summed E-state index contributed by atoms with van der Waals surface area (Å²) in [6.45, 7) is 9.26. The molecule has 4 heterocycles. The summed E-state index contributed by atoms with van der Waals surface area (Å²) in [6.07, 6.45) is 2.78. The molecule has 0 saturated carbocycles. The first-order valence-electron chi connectivity index (χ1n) is 16.4. The molecule has 51 heavy (non-hydrogen) atoms. The number of aromatic nitrogens is 6. The van der Waals surface area contributed by atoms with Gasteiger partial charge in [-0.05, 0) is 55.5 Å². The molecule has 0 aliphatic heterocycles. The highest BCUT2D eigenvalue weighted by molar-refractivity contribution is 5.91. The number of anilines is 2. The number of benzene rings is 3. The van der Waals surface area contributed by atoms with Crippen LogP contribution < -0.4 is 26.6 Å². The van der Waals surface area contributed by atoms with E-state index in [1.165, 1.54) is 40.1 Å². The molecule has 0 fully saturated rings. The van der Waals surface area contributed by atoms with Crippen LogP contribution in [0.15, 0.2) is 113 Å². The molecule has 4 aromatic heterocycles. The van der Waals surface area contributed by atoms with E-state index in [0.29, 0.717) is 45.9 Å². The minimum atomic E-state index is -0.530. The van der Waals surface area contributed by atoms with Gasteiger partial charge in [-0.3, -0.25) is 9.59 Å². The highest BCUT2D eigenvalue weighted by atomic mass is 16.7. The SMILES string of the molecule is Cc1ccccc1CNc1cc(=O)n(O)c2ncnc(C)c12.Cc1ccccc1CNc1cc(=O)n(OCc2ccccc2)c2ncnc(C)c12. The van der Waals surface area contributed by atoms with Crippen molar-refractivity contribution in [2.75, 3.05) is 10.6 Å². The van der Waals surface area contributed by atoms with Crippen molar-refractivity contribution in [1.29, 1.82) is 0 Å². The predicted molar refractivity (Wildman–Crippen MR) is 198 cm³/mol. The van der Waals surface area contributed by atoms with Crippen molar-refractivity contribution in [1.82, 2.24) is 29.4 Å². The molecule has 0 saturated heterocycles. The Labute approximate surface area is 294 Å². The van der Waals surface area contributed by atoms with Gasteiger partial charge >= 0.3 is 0 Å². The van der Waals surface area contributed by atoms with E-state index in [2.05, 4.69) is 49.6 Å². The standard InChI is InChI=1S/C23H22N4O2.C16H16N4O2/c1-16-8-6-7-11-19(16)13-24-20-12-21(28)27(23-22(20)17(2)25-15-26-23)29-14-18-9-4-3-5-10-18;1-10-5-3-4-6-12(10)8-17-13-7-14(21)20(22)16-15(13)11(2)18-9-19-16/h3-12,15,24H,13-14H2,1-2H3;3-7,9,17,22H,8H2,1-2H3. The van der Waals surface area contributed by atoms with Crippen LogP contribution in [0.2, 0.25) is 0 Å². The molecule has 0 unspecified atom stereocenters. The van der Waals surface area contributed by atoms with Crippen molar-refractivity contribution in [3.63, 3.8) is 0 Å². The molecule has 12 nitrogen and oxygen atoms in total. The molecule has 0 amide bonds. The maximum atomic E-state index is 12.8. The van der Waals surface area contributed by atoms with E-state index in [-0.39, 0.29) is 17.8 Å². The molecule has 0 atom stereocenters. The number of aryl methyl sites for hydroxylation is 4. The third-order valence-electron chi connectivity index (χ3n) is 8.57. The van der Waals surface area contributed by atoms with Gasteiger partial charge in [0.25, 0.3) is 11.1 Å². The zero-order valence-electron chi connectivity index (χ0n) is 28.8. The number of rotatable bonds is 9. The highest BCUT2D eigenvalue weighted by Crippen LogP contribution is 2.24. The summed E-state index contributed by atoms with van der Waals surface area (Å²) < 4.78 is 1.79. The fraction of sp³-hybridized carbons (Fsp3) is 0.179. The maximum Gasteiger partial charge on any atom is 0.287 e. The van der Waals surface area contributed by atoms with Crippen LogP contribution in [0.3, 0.4) is 0 Å². The highest BCUT2D eigenvalue weighted by Gasteiger charge is 2.15. The van der Waals surface area contributed by atoms with Crippen molar-refractivity contribution >= 4 is 33.4 Å². The van der Waals surface area contributed by atoms with Crippen LogP contribution >= 0.6 is 0 Å². The van der Waals surface area contributed by atoms with Crippen molar-refractivity contribution in [3.05, 3.63) is 164 Å². The van der Waals surface area contributed by atoms with Crippen LogP contribution in [0.5, 0.6) is 0 Å². The lowest BCUT2D eigenvalue weighted by molar-refractivity contribution is 0.0979. The predicted octanol–water partition coefficient (Wildman–Crippen LogP) is 5.91. The third kappa shape index (κ3) is 7.70. The van der Waals surface area contributed by atoms with Crippen LogP contribution in [0.1, 0.15) is 39.2 Å². The minimum Gasteiger partial charge on any atom is -0.423 e. The summed E-state index contributed by atoms with van der Waals surface area (Å²) in [5, 5.41) is 17.9. The molecule has 258 valence electrons. The molecular formula is C39H38N8O4. The van der Waals surface area contributed by atoms with Gasteiger partial charge in [0.15, 0.2) is 11.3 Å². The van der Waals surface area contributed by atoms with Gasteiger partial charge in [-0.25, -0.2) is 19.9 Å². The Bertz CT molecular complexity index is 2440. The lowest BCUT2D eigenvalue weighted by atomic mass is 10.1. The van der Waals surface area contributed by atoms with Gasteiger partial charge in [-0.15, -0.1) is 9.46 Å². The largest absolute Gasteiger partial charge is 0.423 e. The van der Waals surface area contributed by atoms with Gasteiger partial charge in [0.1, 0.15) is 19.3 Å². The molecule has 0 spiro atoms. The molecule has 3 aromatic carbocycles. The average molecular weight is 683 g/mol. The molecule has 7 aromatic rings. The summed E-state index contributed by atoms with van der Waals surface area (Å²) >= 11 is 0. The van der Waals surface area contributed by atoms with Crippen LogP contribution in [0.25, 0.3) is 22.1 Å². The number of nitrogens with one attached hydrogen (secondary N) is 2. The summed E-state index contributed by atoms with van der Waals surface area (Å²) in [6, 6.07) is 28.8. The Morgan fingerprint density at radius 1 is 0.627 bits per heavy atom. The van der Waals surface area contributed by atoms with Crippen LogP contribution in [-0.2, 0) is 19.7 Å². The van der Waals surface area contributed by atoms with E-state index in [1.54, 1.807) is 6.07 Å². The molecule has 12 heteroatoms. The molecule has 0 radical (unpaired) electrons. The fourth-order valence-electron chi connectivity index (χ4n) is 5.70. The van der Waals surface area contributed by atoms with E-state index in [1.807, 2.05) is 87.5 Å². The van der Waals surface area contributed by atoms with Gasteiger partial charge in [0.05, 0.1) is 33.5 Å². The number of hydrogen-bond donors (Lipinski definition) is 3. The first-order valence-corrected chi connectivity index (χ1v) is 16.4. The Balaban J connectivity index is 0.000000183. The van der Waals surface area contributed by atoms with Crippen molar-refractivity contribution < 1.29 is 10.0 Å².